The lowest BCUT2D eigenvalue weighted by molar-refractivity contribution is -0.121. The Morgan fingerprint density at radius 3 is 2.74 bits per heavy atom. The lowest BCUT2D eigenvalue weighted by atomic mass is 9.95. The predicted molar refractivity (Wildman–Crippen MR) is 114 cm³/mol. The molecule has 0 fully saturated rings. The number of anilines is 2. The summed E-state index contributed by atoms with van der Waals surface area (Å²) in [6.07, 6.45) is 3.61. The fraction of sp³-hybridized carbons (Fsp3) is 0.130. The van der Waals surface area contributed by atoms with Crippen LogP contribution in [0.1, 0.15) is 23.7 Å². The molecule has 0 spiro atoms. The van der Waals surface area contributed by atoms with Crippen molar-refractivity contribution in [3.63, 3.8) is 0 Å². The van der Waals surface area contributed by atoms with Gasteiger partial charge in [-0.15, -0.1) is 0 Å². The van der Waals surface area contributed by atoms with E-state index in [-0.39, 0.29) is 11.3 Å². The second kappa shape index (κ2) is 6.82. The minimum atomic E-state index is -1.13. The topological polar surface area (TPSA) is 105 Å². The van der Waals surface area contributed by atoms with E-state index in [0.717, 1.165) is 16.8 Å². The molecule has 0 saturated heterocycles. The van der Waals surface area contributed by atoms with Gasteiger partial charge in [-0.25, -0.2) is 9.49 Å². The van der Waals surface area contributed by atoms with Crippen LogP contribution in [0, 0.1) is 5.82 Å². The van der Waals surface area contributed by atoms with Crippen molar-refractivity contribution < 1.29 is 9.18 Å². The number of hydrogen-bond acceptors (Lipinski definition) is 5. The Bertz CT molecular complexity index is 1410. The normalized spacial score (nSPS) is 17.9. The monoisotopic (exact) mass is 415 g/mol. The Hall–Kier alpha value is -3.91. The van der Waals surface area contributed by atoms with Crippen molar-refractivity contribution in [2.75, 3.05) is 4.90 Å². The molecular weight excluding hydrogens is 397 g/mol. The van der Waals surface area contributed by atoms with Crippen LogP contribution in [0.5, 0.6) is 0 Å². The Kier molecular flexibility index (Phi) is 4.19. The van der Waals surface area contributed by atoms with E-state index in [1.807, 2.05) is 30.3 Å². The maximum absolute atomic E-state index is 13.6. The van der Waals surface area contributed by atoms with E-state index in [1.54, 1.807) is 30.3 Å². The molecule has 0 aliphatic carbocycles. The van der Waals surface area contributed by atoms with Gasteiger partial charge in [0.1, 0.15) is 11.4 Å². The van der Waals surface area contributed by atoms with Gasteiger partial charge in [0.2, 0.25) is 0 Å². The van der Waals surface area contributed by atoms with Crippen molar-refractivity contribution in [3.05, 3.63) is 93.9 Å². The zero-order valence-corrected chi connectivity index (χ0v) is 16.6. The van der Waals surface area contributed by atoms with Crippen molar-refractivity contribution in [1.29, 1.82) is 0 Å². The first kappa shape index (κ1) is 19.1. The summed E-state index contributed by atoms with van der Waals surface area (Å²) in [5, 5.41) is 7.36. The van der Waals surface area contributed by atoms with E-state index in [2.05, 4.69) is 15.2 Å². The van der Waals surface area contributed by atoms with Crippen molar-refractivity contribution in [2.24, 2.45) is 5.73 Å². The number of nitrogens with one attached hydrogen (secondary N) is 1. The number of carbonyl (C=O) groups excluding carboxylic acids is 1. The van der Waals surface area contributed by atoms with Gasteiger partial charge in [-0.2, -0.15) is 5.10 Å². The molecular formula is C23H18FN5O2. The first-order valence-electron chi connectivity index (χ1n) is 9.70. The van der Waals surface area contributed by atoms with Crippen molar-refractivity contribution in [2.45, 2.75) is 18.9 Å². The number of halogens is 1. The number of aromatic amines is 1. The molecule has 1 aliphatic heterocycles. The largest absolute Gasteiger partial charge is 0.314 e. The molecule has 0 saturated carbocycles. The standard InChI is InChI=1S/C23H18FN5O2/c1-23(25)18-4-2-3-5-20(18)29(22(23)31)15-8-13(11-26-12-15)9-19-16-7-6-14(24)10-17(16)21(30)28-27-19/h2-8,10-12H,9,25H2,1H3,(H,28,30). The first-order chi connectivity index (χ1) is 14.9. The van der Waals surface area contributed by atoms with Crippen LogP contribution in [0.3, 0.4) is 0 Å². The number of nitrogens with two attached hydrogens (primary N) is 1. The van der Waals surface area contributed by atoms with E-state index < -0.39 is 16.9 Å². The van der Waals surface area contributed by atoms with E-state index >= 15 is 0 Å². The number of nitrogens with zero attached hydrogens (tertiary/aromatic N) is 3. The van der Waals surface area contributed by atoms with Gasteiger partial charge in [0, 0.05) is 23.6 Å². The smallest absolute Gasteiger partial charge is 0.272 e. The van der Waals surface area contributed by atoms with E-state index in [4.69, 9.17) is 5.73 Å². The molecule has 3 N–H and O–H groups in total. The maximum atomic E-state index is 13.6. The van der Waals surface area contributed by atoms with Gasteiger partial charge in [0.15, 0.2) is 0 Å². The number of pyridine rings is 1. The molecule has 154 valence electrons. The van der Waals surface area contributed by atoms with Crippen LogP contribution in [-0.2, 0) is 16.8 Å². The molecule has 1 unspecified atom stereocenters. The number of benzene rings is 2. The highest BCUT2D eigenvalue weighted by molar-refractivity contribution is 6.12. The van der Waals surface area contributed by atoms with Gasteiger partial charge in [0.25, 0.3) is 11.5 Å². The summed E-state index contributed by atoms with van der Waals surface area (Å²) >= 11 is 0. The number of carbonyl (C=O) groups is 1. The molecule has 1 atom stereocenters. The summed E-state index contributed by atoms with van der Waals surface area (Å²) in [5.74, 6) is -0.731. The van der Waals surface area contributed by atoms with Gasteiger partial charge in [-0.3, -0.25) is 19.5 Å². The van der Waals surface area contributed by atoms with Crippen LogP contribution < -0.4 is 16.2 Å². The summed E-state index contributed by atoms with van der Waals surface area (Å²) in [6, 6.07) is 13.3. The highest BCUT2D eigenvalue weighted by Gasteiger charge is 2.45. The number of para-hydroxylation sites is 1. The van der Waals surface area contributed by atoms with Crippen molar-refractivity contribution >= 4 is 28.1 Å². The summed E-state index contributed by atoms with van der Waals surface area (Å²) in [4.78, 5) is 31.0. The Morgan fingerprint density at radius 1 is 1.10 bits per heavy atom. The zero-order valence-electron chi connectivity index (χ0n) is 16.6. The van der Waals surface area contributed by atoms with Gasteiger partial charge in [0.05, 0.1) is 28.7 Å². The van der Waals surface area contributed by atoms with Crippen molar-refractivity contribution in [1.82, 2.24) is 15.2 Å². The molecule has 2 aromatic heterocycles. The maximum Gasteiger partial charge on any atom is 0.272 e. The summed E-state index contributed by atoms with van der Waals surface area (Å²) in [6.45, 7) is 1.70. The van der Waals surface area contributed by atoms with E-state index in [1.165, 1.54) is 12.1 Å². The van der Waals surface area contributed by atoms with Gasteiger partial charge >= 0.3 is 0 Å². The highest BCUT2D eigenvalue weighted by atomic mass is 19.1. The number of rotatable bonds is 3. The molecule has 4 aromatic rings. The van der Waals surface area contributed by atoms with Crippen LogP contribution in [-0.4, -0.2) is 21.1 Å². The van der Waals surface area contributed by atoms with Gasteiger partial charge in [-0.05, 0) is 42.8 Å². The van der Waals surface area contributed by atoms with Crippen LogP contribution in [0.25, 0.3) is 10.8 Å². The molecule has 1 amide bonds. The molecule has 0 radical (unpaired) electrons. The molecule has 31 heavy (non-hydrogen) atoms. The minimum Gasteiger partial charge on any atom is -0.314 e. The number of fused-ring (bicyclic) bond motifs is 2. The molecule has 7 nitrogen and oxygen atoms in total. The minimum absolute atomic E-state index is 0.233. The molecule has 0 bridgehead atoms. The average molecular weight is 415 g/mol. The van der Waals surface area contributed by atoms with Gasteiger partial charge < -0.3 is 5.73 Å². The second-order valence-electron chi connectivity index (χ2n) is 7.78. The molecule has 8 heteroatoms. The third-order valence-electron chi connectivity index (χ3n) is 5.59. The average Bonchev–Trinajstić information content (AvgIpc) is 2.96. The van der Waals surface area contributed by atoms with Crippen LogP contribution >= 0.6 is 0 Å². The first-order valence-corrected chi connectivity index (χ1v) is 9.70. The third kappa shape index (κ3) is 3.00. The second-order valence-corrected chi connectivity index (χ2v) is 7.78. The number of hydrogen-bond donors (Lipinski definition) is 2. The third-order valence-corrected chi connectivity index (χ3v) is 5.59. The molecule has 5 rings (SSSR count). The number of aromatic nitrogens is 3. The molecule has 1 aliphatic rings. The Balaban J connectivity index is 1.56. The highest BCUT2D eigenvalue weighted by Crippen LogP contribution is 2.42. The quantitative estimate of drug-likeness (QED) is 0.535. The lowest BCUT2D eigenvalue weighted by Crippen LogP contribution is -2.43. The number of amides is 1. The summed E-state index contributed by atoms with van der Waals surface area (Å²) in [7, 11) is 0. The summed E-state index contributed by atoms with van der Waals surface area (Å²) < 4.78 is 13.6. The summed E-state index contributed by atoms with van der Waals surface area (Å²) in [5.41, 5.74) is 8.15. The number of H-pyrrole nitrogens is 1. The SMILES string of the molecule is CC1(N)C(=O)N(c2cncc(Cc3n[nH]c(=O)c4cc(F)ccc34)c2)c2ccccc21. The van der Waals surface area contributed by atoms with Crippen LogP contribution in [0.15, 0.2) is 65.7 Å². The fourth-order valence-electron chi connectivity index (χ4n) is 4.04. The Morgan fingerprint density at radius 2 is 1.90 bits per heavy atom. The van der Waals surface area contributed by atoms with E-state index in [0.29, 0.717) is 23.2 Å². The van der Waals surface area contributed by atoms with Crippen LogP contribution in [0.2, 0.25) is 0 Å². The van der Waals surface area contributed by atoms with Gasteiger partial charge in [-0.1, -0.05) is 18.2 Å². The van der Waals surface area contributed by atoms with E-state index in [9.17, 15) is 14.0 Å². The fourth-order valence-corrected chi connectivity index (χ4v) is 4.04. The zero-order chi connectivity index (χ0) is 21.8. The van der Waals surface area contributed by atoms with Crippen molar-refractivity contribution in [3.8, 4) is 0 Å². The predicted octanol–water partition coefficient (Wildman–Crippen LogP) is 2.90. The Labute approximate surface area is 176 Å². The van der Waals surface area contributed by atoms with Crippen LogP contribution in [0.4, 0.5) is 15.8 Å². The molecule has 3 heterocycles. The molecule has 2 aromatic carbocycles. The lowest BCUT2D eigenvalue weighted by Gasteiger charge is -2.20.